The molecular formula is C21H24FNO3. The Hall–Kier alpha value is -2.11. The molecule has 2 aliphatic rings. The molecule has 2 N–H and O–H groups in total. The Labute approximate surface area is 152 Å². The number of hydrogen-bond acceptors (Lipinski definition) is 4. The Bertz CT molecular complexity index is 720. The highest BCUT2D eigenvalue weighted by atomic mass is 19.1. The normalized spacial score (nSPS) is 26.6. The van der Waals surface area contributed by atoms with Gasteiger partial charge in [0, 0.05) is 19.6 Å². The predicted octanol–water partition coefficient (Wildman–Crippen LogP) is 3.35. The van der Waals surface area contributed by atoms with Gasteiger partial charge in [-0.05, 0) is 66.6 Å². The van der Waals surface area contributed by atoms with Gasteiger partial charge in [0.05, 0.1) is 12.2 Å². The first-order chi connectivity index (χ1) is 12.6. The summed E-state index contributed by atoms with van der Waals surface area (Å²) in [6, 6.07) is 13.0. The van der Waals surface area contributed by atoms with Crippen LogP contribution in [0, 0.1) is 17.7 Å². The molecule has 1 aliphatic carbocycles. The molecule has 1 aliphatic heterocycles. The fraction of sp³-hybridized carbons (Fsp3) is 0.429. The summed E-state index contributed by atoms with van der Waals surface area (Å²) in [5.74, 6) is 1.88. The molecule has 0 radical (unpaired) electrons. The molecule has 0 amide bonds. The number of likely N-dealkylation sites (tertiary alicyclic amines) is 1. The second kappa shape index (κ2) is 7.25. The molecule has 0 bridgehead atoms. The van der Waals surface area contributed by atoms with E-state index in [0.717, 1.165) is 37.2 Å². The summed E-state index contributed by atoms with van der Waals surface area (Å²) in [6.45, 7) is 2.56. The highest BCUT2D eigenvalue weighted by Crippen LogP contribution is 2.40. The van der Waals surface area contributed by atoms with E-state index in [1.165, 1.54) is 12.1 Å². The summed E-state index contributed by atoms with van der Waals surface area (Å²) in [5.41, 5.74) is 0.831. The van der Waals surface area contributed by atoms with E-state index in [2.05, 4.69) is 4.90 Å². The van der Waals surface area contributed by atoms with Gasteiger partial charge < -0.3 is 14.9 Å². The number of nitrogens with zero attached hydrogens (tertiary/aromatic N) is 1. The largest absolute Gasteiger partial charge is 0.508 e. The second-order valence-corrected chi connectivity index (χ2v) is 7.51. The maximum atomic E-state index is 13.0. The van der Waals surface area contributed by atoms with E-state index in [4.69, 9.17) is 4.74 Å². The molecule has 1 saturated heterocycles. The molecule has 0 aromatic heterocycles. The van der Waals surface area contributed by atoms with E-state index < -0.39 is 6.10 Å². The van der Waals surface area contributed by atoms with E-state index in [9.17, 15) is 14.6 Å². The Morgan fingerprint density at radius 3 is 2.23 bits per heavy atom. The van der Waals surface area contributed by atoms with Crippen LogP contribution in [0.25, 0.3) is 0 Å². The number of phenols is 1. The van der Waals surface area contributed by atoms with Crippen LogP contribution in [0.4, 0.5) is 4.39 Å². The smallest absolute Gasteiger partial charge is 0.123 e. The van der Waals surface area contributed by atoms with Crippen molar-refractivity contribution in [3.63, 3.8) is 0 Å². The van der Waals surface area contributed by atoms with E-state index in [1.54, 1.807) is 36.4 Å². The van der Waals surface area contributed by atoms with Crippen molar-refractivity contribution in [3.8, 4) is 11.5 Å². The number of aliphatic hydroxyl groups excluding tert-OH is 1. The number of phenolic OH excluding ortho intramolecular Hbond substituents is 1. The molecule has 4 atom stereocenters. The van der Waals surface area contributed by atoms with Crippen LogP contribution >= 0.6 is 0 Å². The number of hydrogen-bond donors (Lipinski definition) is 2. The molecule has 0 spiro atoms. The summed E-state index contributed by atoms with van der Waals surface area (Å²) in [7, 11) is 0. The average Bonchev–Trinajstić information content (AvgIpc) is 3.15. The van der Waals surface area contributed by atoms with Gasteiger partial charge in [0.2, 0.25) is 0 Å². The zero-order valence-corrected chi connectivity index (χ0v) is 14.6. The predicted molar refractivity (Wildman–Crippen MR) is 96.5 cm³/mol. The summed E-state index contributed by atoms with van der Waals surface area (Å²) < 4.78 is 19.0. The van der Waals surface area contributed by atoms with Crippen molar-refractivity contribution in [1.29, 1.82) is 0 Å². The van der Waals surface area contributed by atoms with Gasteiger partial charge in [-0.3, -0.25) is 4.90 Å². The topological polar surface area (TPSA) is 52.9 Å². The third-order valence-corrected chi connectivity index (χ3v) is 5.61. The van der Waals surface area contributed by atoms with E-state index in [1.807, 2.05) is 0 Å². The number of aromatic hydroxyl groups is 1. The maximum Gasteiger partial charge on any atom is 0.123 e. The molecule has 26 heavy (non-hydrogen) atoms. The summed E-state index contributed by atoms with van der Waals surface area (Å²) >= 11 is 0. The molecule has 1 heterocycles. The minimum absolute atomic E-state index is 0.194. The van der Waals surface area contributed by atoms with Gasteiger partial charge in [-0.1, -0.05) is 12.1 Å². The standard InChI is InChI=1S/C21H24FNO3/c22-17-3-7-19(8-4-17)26-20-9-15-11-23(12-16(15)10-20)13-21(25)14-1-5-18(24)6-2-14/h1-8,15-16,20-21,24-25H,9-13H2/t15-,16+,20?,21-/m0/s1. The number of ether oxygens (including phenoxy) is 1. The summed E-state index contributed by atoms with van der Waals surface area (Å²) in [6.07, 6.45) is 1.67. The summed E-state index contributed by atoms with van der Waals surface area (Å²) in [5, 5.41) is 19.8. The zero-order valence-electron chi connectivity index (χ0n) is 14.6. The first kappa shape index (κ1) is 17.3. The fourth-order valence-corrected chi connectivity index (χ4v) is 4.34. The lowest BCUT2D eigenvalue weighted by molar-refractivity contribution is 0.116. The Morgan fingerprint density at radius 1 is 1.00 bits per heavy atom. The number of β-amino-alcohol motifs (C(OH)–C–C–N with tert-alkyl or cyclic N) is 1. The van der Waals surface area contributed by atoms with Crippen LogP contribution in [0.2, 0.25) is 0 Å². The fourth-order valence-electron chi connectivity index (χ4n) is 4.34. The molecule has 1 saturated carbocycles. The van der Waals surface area contributed by atoms with Crippen molar-refractivity contribution < 1.29 is 19.3 Å². The van der Waals surface area contributed by atoms with E-state index in [-0.39, 0.29) is 17.7 Å². The van der Waals surface area contributed by atoms with E-state index in [0.29, 0.717) is 18.4 Å². The molecular weight excluding hydrogens is 333 g/mol. The van der Waals surface area contributed by atoms with Crippen molar-refractivity contribution in [2.75, 3.05) is 19.6 Å². The number of halogens is 1. The van der Waals surface area contributed by atoms with Gasteiger partial charge >= 0.3 is 0 Å². The molecule has 5 heteroatoms. The first-order valence-electron chi connectivity index (χ1n) is 9.18. The highest BCUT2D eigenvalue weighted by Gasteiger charge is 2.42. The number of aliphatic hydroxyl groups is 1. The minimum atomic E-state index is -0.541. The van der Waals surface area contributed by atoms with Crippen LogP contribution in [0.1, 0.15) is 24.5 Å². The van der Waals surface area contributed by atoms with Crippen molar-refractivity contribution in [1.82, 2.24) is 4.90 Å². The van der Waals surface area contributed by atoms with Crippen molar-refractivity contribution in [2.24, 2.45) is 11.8 Å². The SMILES string of the molecule is Oc1ccc([C@@H](O)CN2C[C@H]3CC(Oc4ccc(F)cc4)C[C@H]3C2)cc1. The average molecular weight is 357 g/mol. The van der Waals surface area contributed by atoms with Crippen LogP contribution in [0.3, 0.4) is 0 Å². The zero-order chi connectivity index (χ0) is 18.1. The number of benzene rings is 2. The number of fused-ring (bicyclic) bond motifs is 1. The molecule has 4 nitrogen and oxygen atoms in total. The second-order valence-electron chi connectivity index (χ2n) is 7.51. The third-order valence-electron chi connectivity index (χ3n) is 5.61. The lowest BCUT2D eigenvalue weighted by Gasteiger charge is -2.22. The maximum absolute atomic E-state index is 13.0. The van der Waals surface area contributed by atoms with Gasteiger partial charge in [-0.25, -0.2) is 4.39 Å². The molecule has 1 unspecified atom stereocenters. The Kier molecular flexibility index (Phi) is 4.83. The molecule has 4 rings (SSSR count). The lowest BCUT2D eigenvalue weighted by Crippen LogP contribution is -2.28. The molecule has 2 aromatic carbocycles. The molecule has 2 fully saturated rings. The van der Waals surface area contributed by atoms with Gasteiger partial charge in [0.15, 0.2) is 0 Å². The van der Waals surface area contributed by atoms with Gasteiger partial charge in [-0.15, -0.1) is 0 Å². The van der Waals surface area contributed by atoms with Crippen molar-refractivity contribution in [2.45, 2.75) is 25.0 Å². The Morgan fingerprint density at radius 2 is 1.62 bits per heavy atom. The monoisotopic (exact) mass is 357 g/mol. The van der Waals surface area contributed by atoms with Crippen LogP contribution in [-0.2, 0) is 0 Å². The van der Waals surface area contributed by atoms with Crippen LogP contribution < -0.4 is 4.74 Å². The molecule has 138 valence electrons. The van der Waals surface area contributed by atoms with Crippen LogP contribution in [0.5, 0.6) is 11.5 Å². The third kappa shape index (κ3) is 3.84. The van der Waals surface area contributed by atoms with E-state index >= 15 is 0 Å². The summed E-state index contributed by atoms with van der Waals surface area (Å²) in [4.78, 5) is 2.32. The van der Waals surface area contributed by atoms with Crippen LogP contribution in [0.15, 0.2) is 48.5 Å². The minimum Gasteiger partial charge on any atom is -0.508 e. The quantitative estimate of drug-likeness (QED) is 0.862. The molecule has 2 aromatic rings. The lowest BCUT2D eigenvalue weighted by atomic mass is 10.0. The van der Waals surface area contributed by atoms with Crippen molar-refractivity contribution >= 4 is 0 Å². The van der Waals surface area contributed by atoms with Gasteiger partial charge in [-0.2, -0.15) is 0 Å². The highest BCUT2D eigenvalue weighted by molar-refractivity contribution is 5.27. The Balaban J connectivity index is 1.28. The van der Waals surface area contributed by atoms with Crippen molar-refractivity contribution in [3.05, 3.63) is 59.9 Å². The van der Waals surface area contributed by atoms with Gasteiger partial charge in [0.1, 0.15) is 17.3 Å². The van der Waals surface area contributed by atoms with Crippen LogP contribution in [-0.4, -0.2) is 40.9 Å². The first-order valence-corrected chi connectivity index (χ1v) is 9.18. The number of rotatable bonds is 5. The van der Waals surface area contributed by atoms with Gasteiger partial charge in [0.25, 0.3) is 0 Å².